The normalized spacial score (nSPS) is 11.9. The lowest BCUT2D eigenvalue weighted by Crippen LogP contribution is -2.33. The highest BCUT2D eigenvalue weighted by Crippen LogP contribution is 2.18. The van der Waals surface area contributed by atoms with Crippen LogP contribution in [0.3, 0.4) is 0 Å². The zero-order valence-electron chi connectivity index (χ0n) is 15.0. The van der Waals surface area contributed by atoms with Crippen molar-refractivity contribution in [2.24, 2.45) is 0 Å². The van der Waals surface area contributed by atoms with Crippen LogP contribution in [0, 0.1) is 0 Å². The van der Waals surface area contributed by atoms with Gasteiger partial charge in [0.1, 0.15) is 24.1 Å². The van der Waals surface area contributed by atoms with Crippen molar-refractivity contribution in [1.29, 1.82) is 0 Å². The summed E-state index contributed by atoms with van der Waals surface area (Å²) >= 11 is 0. The molecule has 136 valence electrons. The Morgan fingerprint density at radius 1 is 1.12 bits per heavy atom. The number of para-hydroxylation sites is 2. The molecule has 0 radical (unpaired) electrons. The lowest BCUT2D eigenvalue weighted by atomic mass is 10.2. The summed E-state index contributed by atoms with van der Waals surface area (Å²) < 4.78 is 12.9. The molecule has 26 heavy (non-hydrogen) atoms. The van der Waals surface area contributed by atoms with Crippen LogP contribution in [0.4, 0.5) is 0 Å². The lowest BCUT2D eigenvalue weighted by molar-refractivity contribution is -0.123. The van der Waals surface area contributed by atoms with Crippen molar-refractivity contribution in [2.75, 3.05) is 19.8 Å². The predicted octanol–water partition coefficient (Wildman–Crippen LogP) is 3.19. The number of nitrogens with one attached hydrogen (secondary N) is 1. The van der Waals surface area contributed by atoms with E-state index >= 15 is 0 Å². The van der Waals surface area contributed by atoms with Crippen molar-refractivity contribution in [3.05, 3.63) is 54.9 Å². The second-order valence-electron chi connectivity index (χ2n) is 5.86. The molecule has 0 aliphatic carbocycles. The minimum absolute atomic E-state index is 0.0663. The van der Waals surface area contributed by atoms with Crippen LogP contribution >= 0.6 is 0 Å². The van der Waals surface area contributed by atoms with Crippen molar-refractivity contribution >= 4 is 16.9 Å². The maximum absolute atomic E-state index is 12.4. The van der Waals surface area contributed by atoms with Gasteiger partial charge in [0.2, 0.25) is 5.91 Å². The number of rotatable bonds is 8. The second-order valence-corrected chi connectivity index (χ2v) is 5.86. The van der Waals surface area contributed by atoms with Crippen LogP contribution in [-0.4, -0.2) is 35.2 Å². The molecule has 0 aliphatic rings. The molecule has 2 aromatic carbocycles. The Labute approximate surface area is 152 Å². The van der Waals surface area contributed by atoms with Gasteiger partial charge in [0.05, 0.1) is 30.5 Å². The average Bonchev–Trinajstić information content (AvgIpc) is 3.10. The number of aromatic nitrogens is 2. The zero-order chi connectivity index (χ0) is 18.4. The van der Waals surface area contributed by atoms with Gasteiger partial charge in [-0.25, -0.2) is 4.98 Å². The molecule has 1 heterocycles. The highest BCUT2D eigenvalue weighted by Gasteiger charge is 2.16. The number of hydrogen-bond acceptors (Lipinski definition) is 4. The standard InChI is InChI=1S/C20H23N3O3/c1-3-25-16-8-10-17(11-9-16)26-13-12-21-20(24)15(2)23-14-22-18-6-4-5-7-19(18)23/h4-11,14-15H,3,12-13H2,1-2H3,(H,21,24)/t15-/m1/s1. The van der Waals surface area contributed by atoms with E-state index in [0.29, 0.717) is 19.8 Å². The number of imidazole rings is 1. The summed E-state index contributed by atoms with van der Waals surface area (Å²) in [5.74, 6) is 1.49. The first kappa shape index (κ1) is 17.8. The first-order chi connectivity index (χ1) is 12.7. The van der Waals surface area contributed by atoms with Crippen molar-refractivity contribution < 1.29 is 14.3 Å². The minimum atomic E-state index is -0.340. The third-order valence-electron chi connectivity index (χ3n) is 4.08. The van der Waals surface area contributed by atoms with E-state index in [2.05, 4.69) is 10.3 Å². The van der Waals surface area contributed by atoms with E-state index in [1.807, 2.05) is 66.9 Å². The van der Waals surface area contributed by atoms with Gasteiger partial charge in [-0.3, -0.25) is 4.79 Å². The molecule has 3 rings (SSSR count). The van der Waals surface area contributed by atoms with Gasteiger partial charge >= 0.3 is 0 Å². The minimum Gasteiger partial charge on any atom is -0.494 e. The largest absolute Gasteiger partial charge is 0.494 e. The van der Waals surface area contributed by atoms with Gasteiger partial charge in [-0.1, -0.05) is 12.1 Å². The highest BCUT2D eigenvalue weighted by atomic mass is 16.5. The van der Waals surface area contributed by atoms with Gasteiger partial charge in [0.15, 0.2) is 0 Å². The van der Waals surface area contributed by atoms with Gasteiger partial charge in [0, 0.05) is 0 Å². The third kappa shape index (κ3) is 4.14. The van der Waals surface area contributed by atoms with Crippen LogP contribution in [0.1, 0.15) is 19.9 Å². The van der Waals surface area contributed by atoms with E-state index in [4.69, 9.17) is 9.47 Å². The molecular formula is C20H23N3O3. The predicted molar refractivity (Wildman–Crippen MR) is 101 cm³/mol. The van der Waals surface area contributed by atoms with Crippen LogP contribution in [-0.2, 0) is 4.79 Å². The smallest absolute Gasteiger partial charge is 0.242 e. The summed E-state index contributed by atoms with van der Waals surface area (Å²) in [5.41, 5.74) is 1.83. The van der Waals surface area contributed by atoms with Gasteiger partial charge in [0.25, 0.3) is 0 Å². The number of nitrogens with zero attached hydrogens (tertiary/aromatic N) is 2. The molecule has 1 aromatic heterocycles. The molecule has 0 unspecified atom stereocenters. The maximum Gasteiger partial charge on any atom is 0.242 e. The summed E-state index contributed by atoms with van der Waals surface area (Å²) in [6, 6.07) is 14.9. The molecule has 1 atom stereocenters. The SMILES string of the molecule is CCOc1ccc(OCCNC(=O)[C@@H](C)n2cnc3ccccc32)cc1. The first-order valence-corrected chi connectivity index (χ1v) is 8.74. The molecule has 0 saturated heterocycles. The third-order valence-corrected chi connectivity index (χ3v) is 4.08. The summed E-state index contributed by atoms with van der Waals surface area (Å²) in [4.78, 5) is 16.7. The van der Waals surface area contributed by atoms with Gasteiger partial charge in [-0.2, -0.15) is 0 Å². The molecule has 0 saturated carbocycles. The molecule has 3 aromatic rings. The zero-order valence-corrected chi connectivity index (χ0v) is 15.0. The monoisotopic (exact) mass is 353 g/mol. The fourth-order valence-electron chi connectivity index (χ4n) is 2.70. The molecule has 6 nitrogen and oxygen atoms in total. The molecular weight excluding hydrogens is 330 g/mol. The number of ether oxygens (including phenoxy) is 2. The van der Waals surface area contributed by atoms with Crippen LogP contribution in [0.25, 0.3) is 11.0 Å². The Kier molecular flexibility index (Phi) is 5.73. The van der Waals surface area contributed by atoms with Gasteiger partial charge in [-0.15, -0.1) is 0 Å². The Balaban J connectivity index is 1.48. The van der Waals surface area contributed by atoms with E-state index in [9.17, 15) is 4.79 Å². The van der Waals surface area contributed by atoms with Crippen molar-refractivity contribution in [3.63, 3.8) is 0 Å². The quantitative estimate of drug-likeness (QED) is 0.632. The summed E-state index contributed by atoms with van der Waals surface area (Å²) in [5, 5.41) is 2.90. The number of amides is 1. The van der Waals surface area contributed by atoms with E-state index in [1.54, 1.807) is 6.33 Å². The summed E-state index contributed by atoms with van der Waals surface area (Å²) in [6.45, 7) is 5.27. The molecule has 0 fully saturated rings. The maximum atomic E-state index is 12.4. The Morgan fingerprint density at radius 3 is 2.54 bits per heavy atom. The number of hydrogen-bond donors (Lipinski definition) is 1. The average molecular weight is 353 g/mol. The van der Waals surface area contributed by atoms with Crippen LogP contribution < -0.4 is 14.8 Å². The highest BCUT2D eigenvalue weighted by molar-refractivity contribution is 5.83. The summed E-state index contributed by atoms with van der Waals surface area (Å²) in [7, 11) is 0. The van der Waals surface area contributed by atoms with Gasteiger partial charge in [-0.05, 0) is 50.2 Å². The van der Waals surface area contributed by atoms with E-state index < -0.39 is 0 Å². The lowest BCUT2D eigenvalue weighted by Gasteiger charge is -2.15. The molecule has 6 heteroatoms. The summed E-state index contributed by atoms with van der Waals surface area (Å²) in [6.07, 6.45) is 1.70. The molecule has 0 bridgehead atoms. The first-order valence-electron chi connectivity index (χ1n) is 8.74. The molecule has 1 N–H and O–H groups in total. The fourth-order valence-corrected chi connectivity index (χ4v) is 2.70. The van der Waals surface area contributed by atoms with Crippen molar-refractivity contribution in [1.82, 2.24) is 14.9 Å². The number of carbonyl (C=O) groups excluding carboxylic acids is 1. The van der Waals surface area contributed by atoms with E-state index in [0.717, 1.165) is 22.5 Å². The van der Waals surface area contributed by atoms with Crippen molar-refractivity contribution in [2.45, 2.75) is 19.9 Å². The molecule has 0 aliphatic heterocycles. The second kappa shape index (κ2) is 8.38. The van der Waals surface area contributed by atoms with Gasteiger partial charge < -0.3 is 19.4 Å². The Bertz CT molecular complexity index is 858. The molecule has 0 spiro atoms. The van der Waals surface area contributed by atoms with Crippen LogP contribution in [0.5, 0.6) is 11.5 Å². The number of benzene rings is 2. The Morgan fingerprint density at radius 2 is 1.81 bits per heavy atom. The van der Waals surface area contributed by atoms with Crippen LogP contribution in [0.15, 0.2) is 54.9 Å². The fraction of sp³-hybridized carbons (Fsp3) is 0.300. The van der Waals surface area contributed by atoms with Crippen LogP contribution in [0.2, 0.25) is 0 Å². The van der Waals surface area contributed by atoms with E-state index in [1.165, 1.54) is 0 Å². The van der Waals surface area contributed by atoms with E-state index in [-0.39, 0.29) is 11.9 Å². The number of carbonyl (C=O) groups is 1. The Hall–Kier alpha value is -3.02. The van der Waals surface area contributed by atoms with Crippen molar-refractivity contribution in [3.8, 4) is 11.5 Å². The topological polar surface area (TPSA) is 65.4 Å². The molecule has 1 amide bonds. The number of fused-ring (bicyclic) bond motifs is 1.